The van der Waals surface area contributed by atoms with Crippen LogP contribution in [-0.2, 0) is 11.8 Å². The monoisotopic (exact) mass is 299 g/mol. The predicted molar refractivity (Wildman–Crippen MR) is 73.8 cm³/mol. The zero-order valence-electron chi connectivity index (χ0n) is 11.5. The molecule has 2 rings (SSSR count). The SMILES string of the molecule is Cn1c(=O)n(C(=O)OC(C)(C)C)c2nc(N)nc(Cl)c21. The average Bonchev–Trinajstić information content (AvgIpc) is 2.48. The molecule has 8 nitrogen and oxygen atoms in total. The Morgan fingerprint density at radius 3 is 2.50 bits per heavy atom. The zero-order valence-corrected chi connectivity index (χ0v) is 12.2. The fraction of sp³-hybridized carbons (Fsp3) is 0.455. The summed E-state index contributed by atoms with van der Waals surface area (Å²) in [5.74, 6) is -0.134. The van der Waals surface area contributed by atoms with Gasteiger partial charge in [-0.1, -0.05) is 11.6 Å². The van der Waals surface area contributed by atoms with Crippen molar-refractivity contribution in [3.05, 3.63) is 15.6 Å². The van der Waals surface area contributed by atoms with E-state index in [4.69, 9.17) is 22.1 Å². The van der Waals surface area contributed by atoms with Gasteiger partial charge in [0.1, 0.15) is 11.1 Å². The lowest BCUT2D eigenvalue weighted by molar-refractivity contribution is 0.0536. The summed E-state index contributed by atoms with van der Waals surface area (Å²) in [6.45, 7) is 5.08. The number of aromatic nitrogens is 4. The first-order valence-electron chi connectivity index (χ1n) is 5.75. The van der Waals surface area contributed by atoms with Crippen molar-refractivity contribution >= 4 is 34.8 Å². The summed E-state index contributed by atoms with van der Waals surface area (Å²) < 4.78 is 7.12. The van der Waals surface area contributed by atoms with E-state index >= 15 is 0 Å². The standard InChI is InChI=1S/C11H14ClN5O3/c1-11(2,3)20-10(19)17-7-5(16(4)9(17)18)6(12)14-8(13)15-7/h1-4H3,(H2,13,14,15). The second-order valence-corrected chi connectivity index (χ2v) is 5.56. The van der Waals surface area contributed by atoms with Crippen LogP contribution in [0.1, 0.15) is 20.8 Å². The van der Waals surface area contributed by atoms with E-state index in [9.17, 15) is 9.59 Å². The Balaban J connectivity index is 2.74. The van der Waals surface area contributed by atoms with Crippen molar-refractivity contribution in [1.29, 1.82) is 0 Å². The van der Waals surface area contributed by atoms with E-state index in [1.807, 2.05) is 0 Å². The summed E-state index contributed by atoms with van der Waals surface area (Å²) in [6, 6.07) is 0. The first-order chi connectivity index (χ1) is 9.11. The van der Waals surface area contributed by atoms with Crippen molar-refractivity contribution in [3.63, 3.8) is 0 Å². The number of imidazole rings is 1. The first kappa shape index (κ1) is 14.3. The molecule has 2 heterocycles. The number of hydrogen-bond acceptors (Lipinski definition) is 6. The van der Waals surface area contributed by atoms with E-state index in [-0.39, 0.29) is 22.3 Å². The lowest BCUT2D eigenvalue weighted by Crippen LogP contribution is -2.34. The van der Waals surface area contributed by atoms with E-state index in [1.165, 1.54) is 11.6 Å². The van der Waals surface area contributed by atoms with Crippen LogP contribution in [0.3, 0.4) is 0 Å². The fourth-order valence-corrected chi connectivity index (χ4v) is 1.98. The molecule has 108 valence electrons. The average molecular weight is 300 g/mol. The number of halogens is 1. The third kappa shape index (κ3) is 2.34. The summed E-state index contributed by atoms with van der Waals surface area (Å²) >= 11 is 5.93. The topological polar surface area (TPSA) is 105 Å². The highest BCUT2D eigenvalue weighted by Crippen LogP contribution is 2.20. The highest BCUT2D eigenvalue weighted by molar-refractivity contribution is 6.33. The van der Waals surface area contributed by atoms with E-state index in [0.717, 1.165) is 4.57 Å². The second kappa shape index (κ2) is 4.48. The van der Waals surface area contributed by atoms with Gasteiger partial charge in [0.15, 0.2) is 10.8 Å². The second-order valence-electron chi connectivity index (χ2n) is 5.20. The van der Waals surface area contributed by atoms with Crippen LogP contribution in [0, 0.1) is 0 Å². The molecule has 2 aromatic heterocycles. The summed E-state index contributed by atoms with van der Waals surface area (Å²) in [5, 5.41) is -0.00518. The number of carbonyl (C=O) groups is 1. The minimum Gasteiger partial charge on any atom is -0.443 e. The molecule has 0 aliphatic rings. The summed E-state index contributed by atoms with van der Waals surface area (Å²) in [6.07, 6.45) is -0.845. The van der Waals surface area contributed by atoms with Gasteiger partial charge in [-0.15, -0.1) is 0 Å². The highest BCUT2D eigenvalue weighted by atomic mass is 35.5. The molecule has 2 N–H and O–H groups in total. The maximum atomic E-state index is 12.1. The number of aryl methyl sites for hydroxylation is 1. The van der Waals surface area contributed by atoms with Crippen molar-refractivity contribution in [2.75, 3.05) is 5.73 Å². The number of nitrogens with two attached hydrogens (primary N) is 1. The number of rotatable bonds is 0. The number of ether oxygens (including phenoxy) is 1. The number of fused-ring (bicyclic) bond motifs is 1. The molecule has 0 spiro atoms. The zero-order chi connectivity index (χ0) is 15.2. The Kier molecular flexibility index (Phi) is 3.21. The van der Waals surface area contributed by atoms with Gasteiger partial charge < -0.3 is 10.5 Å². The molecule has 0 unspecified atom stereocenters. The summed E-state index contributed by atoms with van der Waals surface area (Å²) in [5.41, 5.74) is 4.36. The van der Waals surface area contributed by atoms with Crippen LogP contribution in [0.4, 0.5) is 10.7 Å². The molecule has 0 fully saturated rings. The third-order valence-electron chi connectivity index (χ3n) is 2.44. The Hall–Kier alpha value is -2.09. The van der Waals surface area contributed by atoms with Crippen molar-refractivity contribution < 1.29 is 9.53 Å². The molecular weight excluding hydrogens is 286 g/mol. The van der Waals surface area contributed by atoms with E-state index in [2.05, 4.69) is 9.97 Å². The number of hydrogen-bond donors (Lipinski definition) is 1. The Morgan fingerprint density at radius 2 is 1.95 bits per heavy atom. The van der Waals surface area contributed by atoms with Crippen molar-refractivity contribution in [2.45, 2.75) is 26.4 Å². The number of nitrogens with zero attached hydrogens (tertiary/aromatic N) is 4. The van der Waals surface area contributed by atoms with Crippen LogP contribution in [0.25, 0.3) is 11.2 Å². The molecule has 0 amide bonds. The Morgan fingerprint density at radius 1 is 1.35 bits per heavy atom. The molecule has 0 aromatic carbocycles. The molecule has 0 atom stereocenters. The van der Waals surface area contributed by atoms with Crippen molar-refractivity contribution in [3.8, 4) is 0 Å². The predicted octanol–water partition coefficient (Wildman–Crippen LogP) is 1.15. The molecule has 0 saturated carbocycles. The van der Waals surface area contributed by atoms with Gasteiger partial charge in [-0.05, 0) is 20.8 Å². The van der Waals surface area contributed by atoms with E-state index in [1.54, 1.807) is 20.8 Å². The molecule has 0 aliphatic carbocycles. The third-order valence-corrected chi connectivity index (χ3v) is 2.71. The molecule has 9 heteroatoms. The summed E-state index contributed by atoms with van der Waals surface area (Å²) in [7, 11) is 1.46. The molecule has 0 radical (unpaired) electrons. The Labute approximate surface area is 119 Å². The van der Waals surface area contributed by atoms with Gasteiger partial charge in [-0.25, -0.2) is 9.59 Å². The van der Waals surface area contributed by atoms with Gasteiger partial charge in [0.25, 0.3) is 0 Å². The highest BCUT2D eigenvalue weighted by Gasteiger charge is 2.25. The lowest BCUT2D eigenvalue weighted by atomic mass is 10.2. The van der Waals surface area contributed by atoms with Gasteiger partial charge in [0.05, 0.1) is 0 Å². The van der Waals surface area contributed by atoms with Crippen molar-refractivity contribution in [2.24, 2.45) is 7.05 Å². The normalized spacial score (nSPS) is 11.8. The van der Waals surface area contributed by atoms with Crippen LogP contribution >= 0.6 is 11.6 Å². The molecule has 0 aliphatic heterocycles. The van der Waals surface area contributed by atoms with Crippen LogP contribution < -0.4 is 11.4 Å². The lowest BCUT2D eigenvalue weighted by Gasteiger charge is -2.19. The van der Waals surface area contributed by atoms with Crippen LogP contribution in [-0.4, -0.2) is 30.8 Å². The fourth-order valence-electron chi connectivity index (χ4n) is 1.68. The minimum atomic E-state index is -0.845. The molecule has 0 saturated heterocycles. The van der Waals surface area contributed by atoms with Gasteiger partial charge in [-0.2, -0.15) is 14.5 Å². The Bertz CT molecular complexity index is 756. The molecule has 0 bridgehead atoms. The largest absolute Gasteiger partial charge is 0.443 e. The number of carbonyl (C=O) groups excluding carboxylic acids is 1. The van der Waals surface area contributed by atoms with Gasteiger partial charge >= 0.3 is 11.8 Å². The quantitative estimate of drug-likeness (QED) is 0.732. The van der Waals surface area contributed by atoms with Gasteiger partial charge in [-0.3, -0.25) is 4.57 Å². The molecule has 2 aromatic rings. The van der Waals surface area contributed by atoms with Crippen molar-refractivity contribution in [1.82, 2.24) is 19.1 Å². The molecular formula is C11H14ClN5O3. The van der Waals surface area contributed by atoms with Crippen LogP contribution in [0.5, 0.6) is 0 Å². The van der Waals surface area contributed by atoms with Gasteiger partial charge in [0, 0.05) is 7.05 Å². The van der Waals surface area contributed by atoms with E-state index < -0.39 is 17.4 Å². The first-order valence-corrected chi connectivity index (χ1v) is 6.13. The maximum absolute atomic E-state index is 12.1. The number of anilines is 1. The summed E-state index contributed by atoms with van der Waals surface area (Å²) in [4.78, 5) is 31.9. The van der Waals surface area contributed by atoms with Crippen LogP contribution in [0.15, 0.2) is 4.79 Å². The van der Waals surface area contributed by atoms with E-state index in [0.29, 0.717) is 0 Å². The smallest absolute Gasteiger partial charge is 0.424 e. The maximum Gasteiger partial charge on any atom is 0.424 e. The minimum absolute atomic E-state index is 0.00518. The van der Waals surface area contributed by atoms with Gasteiger partial charge in [0.2, 0.25) is 5.95 Å². The number of nitrogen functional groups attached to an aromatic ring is 1. The van der Waals surface area contributed by atoms with Crippen LogP contribution in [0.2, 0.25) is 5.15 Å². The molecule has 20 heavy (non-hydrogen) atoms.